The Morgan fingerprint density at radius 3 is 2.49 bits per heavy atom. The van der Waals surface area contributed by atoms with Crippen LogP contribution >= 0.6 is 11.3 Å². The van der Waals surface area contributed by atoms with Crippen LogP contribution in [-0.4, -0.2) is 77.8 Å². The normalized spacial score (nSPS) is 12.6. The van der Waals surface area contributed by atoms with Crippen LogP contribution in [0.2, 0.25) is 0 Å². The van der Waals surface area contributed by atoms with Gasteiger partial charge in [0.2, 0.25) is 5.91 Å². The molecule has 0 fully saturated rings. The fourth-order valence-electron chi connectivity index (χ4n) is 5.35. The minimum absolute atomic E-state index is 0.0930. The van der Waals surface area contributed by atoms with Gasteiger partial charge >= 0.3 is 4.87 Å². The molecule has 0 aliphatic heterocycles. The lowest BCUT2D eigenvalue weighted by Crippen LogP contribution is -2.38. The van der Waals surface area contributed by atoms with Gasteiger partial charge in [-0.1, -0.05) is 73.7 Å². The maximum atomic E-state index is 12.0. The second-order valence-electron chi connectivity index (χ2n) is 10.4. The molecule has 4 rings (SSSR count). The molecule has 1 heterocycles. The van der Waals surface area contributed by atoms with Gasteiger partial charge in [0, 0.05) is 26.2 Å². The number of phenols is 1. The molecule has 1 unspecified atom stereocenters. The van der Waals surface area contributed by atoms with Crippen LogP contribution in [0.15, 0.2) is 59.4 Å². The minimum Gasteiger partial charge on any atom is -0.506 e. The number of nitrogens with two attached hydrogens (primary N) is 1. The number of carbonyl (C=O) groups is 1. The Balaban J connectivity index is 1.40. The lowest BCUT2D eigenvalue weighted by molar-refractivity contribution is -0.121. The van der Waals surface area contributed by atoms with Crippen LogP contribution in [0.1, 0.15) is 37.8 Å². The number of hydrogen-bond donors (Lipinski definition) is 3. The fraction of sp³-hybridized carbons (Fsp3) is 0.438. The summed E-state index contributed by atoms with van der Waals surface area (Å²) < 4.78 is 7.07. The number of likely N-dealkylation sites (N-methyl/N-ethyl adjacent to an activating group) is 1. The molecule has 9 heteroatoms. The summed E-state index contributed by atoms with van der Waals surface area (Å²) in [6, 6.07) is 18.2. The van der Waals surface area contributed by atoms with E-state index in [2.05, 4.69) is 65.0 Å². The Morgan fingerprint density at radius 2 is 1.71 bits per heavy atom. The Labute approximate surface area is 245 Å². The first kappa shape index (κ1) is 30.7. The number of aromatic nitrogens is 1. The van der Waals surface area contributed by atoms with Crippen LogP contribution in [0.3, 0.4) is 0 Å². The number of thiazole rings is 1. The van der Waals surface area contributed by atoms with Crippen LogP contribution in [0.5, 0.6) is 5.75 Å². The summed E-state index contributed by atoms with van der Waals surface area (Å²) in [6.07, 6.45) is 2.13. The Morgan fingerprint density at radius 1 is 0.951 bits per heavy atom. The predicted octanol–water partition coefficient (Wildman–Crippen LogP) is 4.53. The van der Waals surface area contributed by atoms with Crippen LogP contribution in [-0.2, 0) is 22.4 Å². The second kappa shape index (κ2) is 15.1. The van der Waals surface area contributed by atoms with Crippen molar-refractivity contribution < 1.29 is 14.6 Å². The molecule has 1 aromatic heterocycles. The van der Waals surface area contributed by atoms with E-state index in [-0.39, 0.29) is 29.1 Å². The predicted molar refractivity (Wildman–Crippen MR) is 168 cm³/mol. The number of fused-ring (bicyclic) bond motifs is 2. The molecule has 0 spiro atoms. The lowest BCUT2D eigenvalue weighted by Gasteiger charge is -2.28. The summed E-state index contributed by atoms with van der Waals surface area (Å²) in [4.78, 5) is 31.2. The van der Waals surface area contributed by atoms with Gasteiger partial charge in [-0.3, -0.25) is 9.59 Å². The Bertz CT molecular complexity index is 1470. The zero-order valence-corrected chi connectivity index (χ0v) is 24.9. The van der Waals surface area contributed by atoms with Crippen LogP contribution < -0.4 is 10.6 Å². The van der Waals surface area contributed by atoms with Gasteiger partial charge in [-0.15, -0.1) is 0 Å². The number of aromatic amines is 1. The van der Waals surface area contributed by atoms with Crippen LogP contribution in [0, 0.1) is 0 Å². The zero-order chi connectivity index (χ0) is 29.2. The molecular weight excluding hydrogens is 536 g/mol. The van der Waals surface area contributed by atoms with Gasteiger partial charge in [0.1, 0.15) is 11.3 Å². The topological polar surface area (TPSA) is 112 Å². The number of primary amides is 1. The molecule has 41 heavy (non-hydrogen) atoms. The Hall–Kier alpha value is -3.24. The van der Waals surface area contributed by atoms with Crippen molar-refractivity contribution in [1.29, 1.82) is 0 Å². The molecule has 8 nitrogen and oxygen atoms in total. The van der Waals surface area contributed by atoms with E-state index in [1.165, 1.54) is 16.3 Å². The SMILES string of the molecule is CCN(CC)CCN(CCc1ccc(O)c2[nH]c(=O)sc12)CCC(CC(N)=O)OCCc1cccc2ccccc12. The molecule has 1 amide bonds. The van der Waals surface area contributed by atoms with E-state index in [0.29, 0.717) is 18.5 Å². The van der Waals surface area contributed by atoms with Crippen LogP contribution in [0.4, 0.5) is 0 Å². The molecule has 220 valence electrons. The number of nitrogens with zero attached hydrogens (tertiary/aromatic N) is 2. The molecular formula is C32H42N4O4S. The number of rotatable bonds is 17. The number of nitrogens with one attached hydrogen (secondary N) is 1. The quantitative estimate of drug-likeness (QED) is 0.170. The average molecular weight is 579 g/mol. The summed E-state index contributed by atoms with van der Waals surface area (Å²) in [6.45, 7) is 10.2. The maximum absolute atomic E-state index is 12.0. The standard InChI is InChI=1S/C32H42N4O4S/c1-3-35(4-2)19-20-36(17-14-25-12-13-28(37)30-31(25)41-32(39)34-30)18-15-26(22-29(33)38)40-21-16-24-10-7-9-23-8-5-6-11-27(23)24/h5-13,26,37H,3-4,14-22H2,1-2H3,(H2,33,38)(H,34,39). The zero-order valence-electron chi connectivity index (χ0n) is 24.1. The van der Waals surface area contributed by atoms with E-state index in [0.717, 1.165) is 73.7 Å². The monoisotopic (exact) mass is 578 g/mol. The highest BCUT2D eigenvalue weighted by molar-refractivity contribution is 7.16. The fourth-order valence-corrected chi connectivity index (χ4v) is 6.25. The summed E-state index contributed by atoms with van der Waals surface area (Å²) >= 11 is 1.13. The van der Waals surface area contributed by atoms with E-state index in [9.17, 15) is 14.7 Å². The summed E-state index contributed by atoms with van der Waals surface area (Å²) in [5.74, 6) is -0.265. The van der Waals surface area contributed by atoms with Crippen molar-refractivity contribution in [3.63, 3.8) is 0 Å². The summed E-state index contributed by atoms with van der Waals surface area (Å²) in [5, 5.41) is 12.6. The van der Waals surface area contributed by atoms with Crippen molar-refractivity contribution in [2.75, 3.05) is 45.9 Å². The number of carbonyl (C=O) groups excluding carboxylic acids is 1. The van der Waals surface area contributed by atoms with Crippen LogP contribution in [0.25, 0.3) is 21.0 Å². The molecule has 0 radical (unpaired) electrons. The van der Waals surface area contributed by atoms with Gasteiger partial charge in [-0.05, 0) is 60.3 Å². The molecule has 0 bridgehead atoms. The van der Waals surface area contributed by atoms with Gasteiger partial charge in [-0.2, -0.15) is 0 Å². The number of aromatic hydroxyl groups is 1. The van der Waals surface area contributed by atoms with Gasteiger partial charge in [0.15, 0.2) is 0 Å². The highest BCUT2D eigenvalue weighted by Crippen LogP contribution is 2.28. The first-order valence-corrected chi connectivity index (χ1v) is 15.3. The number of amides is 1. The third kappa shape index (κ3) is 8.63. The molecule has 0 saturated carbocycles. The van der Waals surface area contributed by atoms with E-state index >= 15 is 0 Å². The van der Waals surface area contributed by atoms with Gasteiger partial charge < -0.3 is 30.4 Å². The number of benzene rings is 3. The summed E-state index contributed by atoms with van der Waals surface area (Å²) in [5.41, 5.74) is 8.38. The number of ether oxygens (including phenoxy) is 1. The molecule has 4 N–H and O–H groups in total. The largest absolute Gasteiger partial charge is 0.506 e. The van der Waals surface area contributed by atoms with Gasteiger partial charge in [0.05, 0.1) is 23.8 Å². The van der Waals surface area contributed by atoms with E-state index < -0.39 is 0 Å². The third-order valence-electron chi connectivity index (χ3n) is 7.76. The minimum atomic E-state index is -0.358. The average Bonchev–Trinajstić information content (AvgIpc) is 3.37. The first-order valence-electron chi connectivity index (χ1n) is 14.5. The van der Waals surface area contributed by atoms with Crippen molar-refractivity contribution in [2.24, 2.45) is 5.73 Å². The molecule has 4 aromatic rings. The highest BCUT2D eigenvalue weighted by Gasteiger charge is 2.17. The van der Waals surface area contributed by atoms with E-state index in [4.69, 9.17) is 10.5 Å². The summed E-state index contributed by atoms with van der Waals surface area (Å²) in [7, 11) is 0. The number of hydrogen-bond acceptors (Lipinski definition) is 7. The lowest BCUT2D eigenvalue weighted by atomic mass is 10.0. The van der Waals surface area contributed by atoms with Crippen molar-refractivity contribution in [1.82, 2.24) is 14.8 Å². The highest BCUT2D eigenvalue weighted by atomic mass is 32.1. The van der Waals surface area contributed by atoms with E-state index in [1.807, 2.05) is 12.1 Å². The van der Waals surface area contributed by atoms with E-state index in [1.54, 1.807) is 6.07 Å². The molecule has 0 aliphatic rings. The number of phenolic OH excluding ortho intramolecular Hbond substituents is 1. The maximum Gasteiger partial charge on any atom is 0.305 e. The molecule has 3 aromatic carbocycles. The molecule has 0 saturated heterocycles. The Kier molecular flexibility index (Phi) is 11.3. The van der Waals surface area contributed by atoms with Crippen molar-refractivity contribution in [2.45, 2.75) is 45.6 Å². The number of H-pyrrole nitrogens is 1. The van der Waals surface area contributed by atoms with Crippen molar-refractivity contribution in [3.8, 4) is 5.75 Å². The van der Waals surface area contributed by atoms with Crippen molar-refractivity contribution in [3.05, 3.63) is 75.4 Å². The van der Waals surface area contributed by atoms with Crippen molar-refractivity contribution >= 4 is 38.2 Å². The van der Waals surface area contributed by atoms with Gasteiger partial charge in [-0.25, -0.2) is 0 Å². The molecule has 0 aliphatic carbocycles. The third-order valence-corrected chi connectivity index (χ3v) is 8.72. The second-order valence-corrected chi connectivity index (χ2v) is 11.4. The molecule has 1 atom stereocenters. The first-order chi connectivity index (χ1) is 19.9. The van der Waals surface area contributed by atoms with Gasteiger partial charge in [0.25, 0.3) is 0 Å². The smallest absolute Gasteiger partial charge is 0.305 e.